The molecule has 0 aliphatic heterocycles. The maximum absolute atomic E-state index is 13.7. The van der Waals surface area contributed by atoms with Crippen LogP contribution in [0.1, 0.15) is 18.1 Å². The van der Waals surface area contributed by atoms with Crippen LogP contribution in [-0.2, 0) is 13.1 Å². The van der Waals surface area contributed by atoms with E-state index in [4.69, 9.17) is 11.6 Å². The van der Waals surface area contributed by atoms with Crippen LogP contribution in [0.3, 0.4) is 0 Å². The maximum Gasteiger partial charge on any atom is 0.147 e. The average molecular weight is 308 g/mol. The number of rotatable bonds is 6. The first-order valence-corrected chi connectivity index (χ1v) is 7.29. The van der Waals surface area contributed by atoms with Gasteiger partial charge in [-0.05, 0) is 24.2 Å². The molecule has 0 amide bonds. The minimum Gasteiger partial charge on any atom is -0.354 e. The monoisotopic (exact) mass is 307 g/mol. The molecule has 1 aromatic heterocycles. The highest BCUT2D eigenvalue weighted by molar-refractivity contribution is 6.33. The molecule has 0 saturated carbocycles. The van der Waals surface area contributed by atoms with Gasteiger partial charge >= 0.3 is 0 Å². The van der Waals surface area contributed by atoms with Gasteiger partial charge in [0, 0.05) is 31.9 Å². The molecular formula is C16H19ClFN3. The summed E-state index contributed by atoms with van der Waals surface area (Å²) in [6.45, 7) is 4.10. The molecule has 2 aromatic rings. The molecule has 1 aromatic carbocycles. The Morgan fingerprint density at radius 1 is 1.33 bits per heavy atom. The fraction of sp³-hybridized carbons (Fsp3) is 0.312. The Kier molecular flexibility index (Phi) is 5.53. The first-order chi connectivity index (χ1) is 10.1. The van der Waals surface area contributed by atoms with E-state index < -0.39 is 0 Å². The molecule has 0 fully saturated rings. The van der Waals surface area contributed by atoms with Crippen molar-refractivity contribution in [1.29, 1.82) is 0 Å². The number of halogens is 2. The third-order valence-corrected chi connectivity index (χ3v) is 3.46. The van der Waals surface area contributed by atoms with Crippen molar-refractivity contribution in [1.82, 2.24) is 10.3 Å². The molecular weight excluding hydrogens is 289 g/mol. The molecule has 0 saturated heterocycles. The van der Waals surface area contributed by atoms with Gasteiger partial charge in [0.15, 0.2) is 0 Å². The molecule has 0 atom stereocenters. The van der Waals surface area contributed by atoms with E-state index in [1.807, 2.05) is 31.0 Å². The predicted octanol–water partition coefficient (Wildman–Crippen LogP) is 3.62. The zero-order valence-corrected chi connectivity index (χ0v) is 13.0. The topological polar surface area (TPSA) is 28.2 Å². The summed E-state index contributed by atoms with van der Waals surface area (Å²) in [4.78, 5) is 6.23. The van der Waals surface area contributed by atoms with Crippen LogP contribution in [-0.4, -0.2) is 18.6 Å². The van der Waals surface area contributed by atoms with Crippen LogP contribution in [0.2, 0.25) is 5.02 Å². The molecule has 0 radical (unpaired) electrons. The van der Waals surface area contributed by atoms with E-state index in [0.29, 0.717) is 22.9 Å². The van der Waals surface area contributed by atoms with Crippen molar-refractivity contribution in [3.63, 3.8) is 0 Å². The van der Waals surface area contributed by atoms with Crippen molar-refractivity contribution in [2.24, 2.45) is 0 Å². The second kappa shape index (κ2) is 7.38. The van der Waals surface area contributed by atoms with Crippen LogP contribution in [0.15, 0.2) is 36.5 Å². The molecule has 0 aliphatic carbocycles. The Bertz CT molecular complexity index is 604. The van der Waals surface area contributed by atoms with E-state index in [2.05, 4.69) is 10.3 Å². The van der Waals surface area contributed by atoms with E-state index >= 15 is 0 Å². The lowest BCUT2D eigenvalue weighted by Gasteiger charge is -2.20. The Hall–Kier alpha value is -1.65. The zero-order chi connectivity index (χ0) is 15.2. The smallest absolute Gasteiger partial charge is 0.147 e. The molecule has 112 valence electrons. The number of hydrogen-bond donors (Lipinski definition) is 1. The Morgan fingerprint density at radius 3 is 2.76 bits per heavy atom. The van der Waals surface area contributed by atoms with Crippen LogP contribution in [0.4, 0.5) is 10.2 Å². The minimum atomic E-state index is -0.218. The van der Waals surface area contributed by atoms with Gasteiger partial charge in [-0.25, -0.2) is 9.37 Å². The summed E-state index contributed by atoms with van der Waals surface area (Å²) < 4.78 is 13.7. The van der Waals surface area contributed by atoms with E-state index in [1.54, 1.807) is 18.3 Å². The van der Waals surface area contributed by atoms with Gasteiger partial charge in [0.1, 0.15) is 11.6 Å². The van der Waals surface area contributed by atoms with Crippen molar-refractivity contribution in [3.05, 3.63) is 58.5 Å². The van der Waals surface area contributed by atoms with Crippen LogP contribution < -0.4 is 10.2 Å². The summed E-state index contributed by atoms with van der Waals surface area (Å²) in [5, 5.41) is 3.80. The largest absolute Gasteiger partial charge is 0.354 e. The molecule has 0 spiro atoms. The second-order valence-electron chi connectivity index (χ2n) is 4.88. The molecule has 0 bridgehead atoms. The fourth-order valence-electron chi connectivity index (χ4n) is 2.07. The number of nitrogens with zero attached hydrogens (tertiary/aromatic N) is 2. The molecule has 5 heteroatoms. The minimum absolute atomic E-state index is 0.218. The molecule has 3 nitrogen and oxygen atoms in total. The van der Waals surface area contributed by atoms with Gasteiger partial charge in [0.25, 0.3) is 0 Å². The summed E-state index contributed by atoms with van der Waals surface area (Å²) >= 11 is 6.28. The summed E-state index contributed by atoms with van der Waals surface area (Å²) in [6.07, 6.45) is 1.79. The van der Waals surface area contributed by atoms with Gasteiger partial charge in [-0.2, -0.15) is 0 Å². The first-order valence-electron chi connectivity index (χ1n) is 6.91. The lowest BCUT2D eigenvalue weighted by molar-refractivity contribution is 0.607. The summed E-state index contributed by atoms with van der Waals surface area (Å²) in [5.41, 5.74) is 1.65. The standard InChI is InChI=1S/C16H19ClFN3/c1-3-19-9-12-8-14(17)16(20-10-12)21(2)11-13-6-4-5-7-15(13)18/h4-8,10,19H,3,9,11H2,1-2H3. The second-order valence-corrected chi connectivity index (χ2v) is 5.28. The third kappa shape index (κ3) is 4.16. The van der Waals surface area contributed by atoms with Crippen molar-refractivity contribution < 1.29 is 4.39 Å². The van der Waals surface area contributed by atoms with Crippen molar-refractivity contribution in [2.45, 2.75) is 20.0 Å². The lowest BCUT2D eigenvalue weighted by Crippen LogP contribution is -2.19. The summed E-state index contributed by atoms with van der Waals surface area (Å²) in [6, 6.07) is 8.61. The highest BCUT2D eigenvalue weighted by atomic mass is 35.5. The molecule has 0 unspecified atom stereocenters. The Balaban J connectivity index is 2.12. The molecule has 1 N–H and O–H groups in total. The van der Waals surface area contributed by atoms with E-state index in [-0.39, 0.29) is 5.82 Å². The van der Waals surface area contributed by atoms with E-state index in [0.717, 1.165) is 18.7 Å². The van der Waals surface area contributed by atoms with Crippen molar-refractivity contribution in [3.8, 4) is 0 Å². The van der Waals surface area contributed by atoms with Crippen LogP contribution in [0.5, 0.6) is 0 Å². The molecule has 0 aliphatic rings. The van der Waals surface area contributed by atoms with Gasteiger partial charge in [-0.1, -0.05) is 36.7 Å². The van der Waals surface area contributed by atoms with Crippen LogP contribution in [0.25, 0.3) is 0 Å². The normalized spacial score (nSPS) is 10.7. The molecule has 21 heavy (non-hydrogen) atoms. The molecule has 2 rings (SSSR count). The zero-order valence-electron chi connectivity index (χ0n) is 12.2. The number of aromatic nitrogens is 1. The Morgan fingerprint density at radius 2 is 2.10 bits per heavy atom. The van der Waals surface area contributed by atoms with Crippen LogP contribution >= 0.6 is 11.6 Å². The number of pyridine rings is 1. The average Bonchev–Trinajstić information content (AvgIpc) is 2.47. The molecule has 1 heterocycles. The maximum atomic E-state index is 13.7. The van der Waals surface area contributed by atoms with Crippen molar-refractivity contribution >= 4 is 17.4 Å². The van der Waals surface area contributed by atoms with E-state index in [1.165, 1.54) is 6.07 Å². The number of anilines is 1. The van der Waals surface area contributed by atoms with Gasteiger partial charge in [-0.15, -0.1) is 0 Å². The SMILES string of the molecule is CCNCc1cnc(N(C)Cc2ccccc2F)c(Cl)c1. The van der Waals surface area contributed by atoms with Crippen LogP contribution in [0, 0.1) is 5.82 Å². The Labute approximate surface area is 129 Å². The summed E-state index contributed by atoms with van der Waals surface area (Å²) in [7, 11) is 1.85. The van der Waals surface area contributed by atoms with E-state index in [9.17, 15) is 4.39 Å². The predicted molar refractivity (Wildman–Crippen MR) is 85.1 cm³/mol. The third-order valence-electron chi connectivity index (χ3n) is 3.18. The lowest BCUT2D eigenvalue weighted by atomic mass is 10.2. The highest BCUT2D eigenvalue weighted by Gasteiger charge is 2.11. The van der Waals surface area contributed by atoms with Gasteiger partial charge < -0.3 is 10.2 Å². The van der Waals surface area contributed by atoms with Gasteiger partial charge in [0.2, 0.25) is 0 Å². The summed E-state index contributed by atoms with van der Waals surface area (Å²) in [5.74, 6) is 0.435. The number of benzene rings is 1. The number of hydrogen-bond acceptors (Lipinski definition) is 3. The highest BCUT2D eigenvalue weighted by Crippen LogP contribution is 2.24. The quantitative estimate of drug-likeness (QED) is 0.883. The van der Waals surface area contributed by atoms with Gasteiger partial charge in [-0.3, -0.25) is 0 Å². The van der Waals surface area contributed by atoms with Gasteiger partial charge in [0.05, 0.1) is 5.02 Å². The first kappa shape index (κ1) is 15.7. The van der Waals surface area contributed by atoms with Crippen molar-refractivity contribution in [2.75, 3.05) is 18.5 Å². The number of nitrogens with one attached hydrogen (secondary N) is 1. The fourth-order valence-corrected chi connectivity index (χ4v) is 2.41.